The lowest BCUT2D eigenvalue weighted by Gasteiger charge is -2.30. The van der Waals surface area contributed by atoms with Crippen LogP contribution in [0.5, 0.6) is 5.88 Å². The van der Waals surface area contributed by atoms with Crippen LogP contribution in [0, 0.1) is 0 Å². The number of morpholine rings is 1. The first-order valence-electron chi connectivity index (χ1n) is 12.0. The summed E-state index contributed by atoms with van der Waals surface area (Å²) >= 11 is 0. The lowest BCUT2D eigenvalue weighted by molar-refractivity contribution is -0.0252. The van der Waals surface area contributed by atoms with Crippen LogP contribution < -0.4 is 4.74 Å². The van der Waals surface area contributed by atoms with Crippen LogP contribution in [0.1, 0.15) is 24.3 Å². The molecule has 11 heteroatoms. The molecule has 0 unspecified atom stereocenters. The highest BCUT2D eigenvalue weighted by Crippen LogP contribution is 2.31. The predicted molar refractivity (Wildman–Crippen MR) is 144 cm³/mol. The Hall–Kier alpha value is -2.31. The third kappa shape index (κ3) is 6.15. The molecule has 194 valence electrons. The number of rotatable bonds is 6. The molecule has 1 atom stereocenters. The average molecular weight is 532 g/mol. The molecular weight excluding hydrogens is 498 g/mol. The molecule has 5 rings (SSSR count). The molecule has 2 aromatic heterocycles. The van der Waals surface area contributed by atoms with Gasteiger partial charge in [0.2, 0.25) is 15.9 Å². The van der Waals surface area contributed by atoms with Gasteiger partial charge in [0.25, 0.3) is 0 Å². The van der Waals surface area contributed by atoms with Gasteiger partial charge < -0.3 is 14.4 Å². The Morgan fingerprint density at radius 1 is 1.08 bits per heavy atom. The molecule has 2 fully saturated rings. The predicted octanol–water partition coefficient (Wildman–Crippen LogP) is 2.65. The van der Waals surface area contributed by atoms with E-state index in [-0.39, 0.29) is 32.8 Å². The van der Waals surface area contributed by atoms with Crippen LogP contribution in [0.15, 0.2) is 42.7 Å². The minimum atomic E-state index is -3.28. The Bertz CT molecular complexity index is 1280. The fourth-order valence-electron chi connectivity index (χ4n) is 4.73. The van der Waals surface area contributed by atoms with Crippen molar-refractivity contribution in [1.82, 2.24) is 24.2 Å². The topological polar surface area (TPSA) is 97.8 Å². The molecule has 3 aromatic rings. The van der Waals surface area contributed by atoms with Gasteiger partial charge in [0, 0.05) is 31.0 Å². The number of sulfonamides is 1. The Morgan fingerprint density at radius 2 is 1.81 bits per heavy atom. The zero-order valence-corrected chi connectivity index (χ0v) is 22.4. The van der Waals surface area contributed by atoms with Gasteiger partial charge in [0.1, 0.15) is 12.7 Å². The highest BCUT2D eigenvalue weighted by Gasteiger charge is 2.27. The summed E-state index contributed by atoms with van der Waals surface area (Å²) in [5.41, 5.74) is 4.36. The zero-order valence-electron chi connectivity index (χ0n) is 20.6. The van der Waals surface area contributed by atoms with Crippen LogP contribution in [-0.2, 0) is 14.8 Å². The zero-order chi connectivity index (χ0) is 24.4. The molecule has 0 aliphatic carbocycles. The van der Waals surface area contributed by atoms with Gasteiger partial charge in [0.15, 0.2) is 5.52 Å². The fourth-order valence-corrected chi connectivity index (χ4v) is 5.57. The second-order valence-electron chi connectivity index (χ2n) is 9.36. The minimum absolute atomic E-state index is 0. The number of hydrogen-bond acceptors (Lipinski definition) is 8. The van der Waals surface area contributed by atoms with Crippen molar-refractivity contribution in [3.05, 3.63) is 48.3 Å². The lowest BCUT2D eigenvalue weighted by Crippen LogP contribution is -2.47. The van der Waals surface area contributed by atoms with Crippen molar-refractivity contribution >= 4 is 34.6 Å². The maximum absolute atomic E-state index is 11.9. The molecule has 0 amide bonds. The maximum Gasteiger partial charge on any atom is 0.242 e. The quantitative estimate of drug-likeness (QED) is 0.479. The number of fused-ring (bicyclic) bond motifs is 1. The van der Waals surface area contributed by atoms with Crippen molar-refractivity contribution in [3.8, 4) is 17.1 Å². The molecule has 36 heavy (non-hydrogen) atoms. The van der Waals surface area contributed by atoms with Gasteiger partial charge in [-0.1, -0.05) is 24.3 Å². The van der Waals surface area contributed by atoms with Gasteiger partial charge in [-0.25, -0.2) is 18.4 Å². The average Bonchev–Trinajstić information content (AvgIpc) is 2.87. The molecule has 0 N–H and O–H groups in total. The molecule has 1 aromatic carbocycles. The van der Waals surface area contributed by atoms with Crippen molar-refractivity contribution < 1.29 is 17.9 Å². The first-order chi connectivity index (χ1) is 16.9. The van der Waals surface area contributed by atoms with E-state index in [4.69, 9.17) is 14.5 Å². The van der Waals surface area contributed by atoms with Gasteiger partial charge in [-0.3, -0.25) is 4.98 Å². The summed E-state index contributed by atoms with van der Waals surface area (Å²) in [6.45, 7) is 3.36. The van der Waals surface area contributed by atoms with Crippen LogP contribution in [0.3, 0.4) is 0 Å². The second kappa shape index (κ2) is 11.4. The molecule has 2 saturated heterocycles. The Morgan fingerprint density at radius 3 is 2.53 bits per heavy atom. The number of aromatic nitrogens is 3. The summed E-state index contributed by atoms with van der Waals surface area (Å²) in [7, 11) is -1.10. The number of likely N-dealkylation sites (tertiary alicyclic amines) is 1. The van der Waals surface area contributed by atoms with E-state index in [1.165, 1.54) is 29.0 Å². The smallest absolute Gasteiger partial charge is 0.242 e. The first-order valence-corrected chi connectivity index (χ1v) is 13.8. The highest BCUT2D eigenvalue weighted by molar-refractivity contribution is 7.88. The van der Waals surface area contributed by atoms with Crippen LogP contribution in [-0.4, -0.2) is 91.4 Å². The van der Waals surface area contributed by atoms with Gasteiger partial charge in [-0.05, 0) is 50.5 Å². The third-order valence-electron chi connectivity index (χ3n) is 6.80. The number of piperidine rings is 1. The van der Waals surface area contributed by atoms with Gasteiger partial charge in [-0.15, -0.1) is 0 Å². The van der Waals surface area contributed by atoms with Crippen LogP contribution in [0.4, 0.5) is 0 Å². The molecule has 0 saturated carbocycles. The summed E-state index contributed by atoms with van der Waals surface area (Å²) < 4.78 is 37.0. The van der Waals surface area contributed by atoms with Crippen LogP contribution in [0.2, 0.25) is 0 Å². The van der Waals surface area contributed by atoms with Crippen molar-refractivity contribution in [1.29, 1.82) is 0 Å². The number of ether oxygens (including phenoxy) is 2. The molecule has 0 bridgehead atoms. The van der Waals surface area contributed by atoms with E-state index >= 15 is 0 Å². The fraction of sp³-hybridized carbons (Fsp3) is 0.480. The SMILES string of the molecule is CN1CCC(c2ccc(-c3cc4nccnc4c(OC[C@@H]4CN(S(C)(=O)=O)CCO4)n3)cc2)CC1.S. The molecule has 0 spiro atoms. The molecule has 0 radical (unpaired) electrons. The van der Waals surface area contributed by atoms with Gasteiger partial charge >= 0.3 is 0 Å². The summed E-state index contributed by atoms with van der Waals surface area (Å²) in [6, 6.07) is 10.5. The van der Waals surface area contributed by atoms with E-state index in [9.17, 15) is 8.42 Å². The normalized spacial score (nSPS) is 20.2. The number of pyridine rings is 1. The van der Waals surface area contributed by atoms with Crippen molar-refractivity contribution in [2.45, 2.75) is 24.9 Å². The van der Waals surface area contributed by atoms with E-state index in [0.29, 0.717) is 36.0 Å². The van der Waals surface area contributed by atoms with E-state index in [2.05, 4.69) is 46.2 Å². The second-order valence-corrected chi connectivity index (χ2v) is 11.3. The van der Waals surface area contributed by atoms with Crippen molar-refractivity contribution in [2.24, 2.45) is 0 Å². The van der Waals surface area contributed by atoms with E-state index < -0.39 is 10.0 Å². The summed E-state index contributed by atoms with van der Waals surface area (Å²) in [6.07, 6.45) is 6.44. The summed E-state index contributed by atoms with van der Waals surface area (Å²) in [5, 5.41) is 0. The monoisotopic (exact) mass is 531 g/mol. The summed E-state index contributed by atoms with van der Waals surface area (Å²) in [4.78, 5) is 16.0. The van der Waals surface area contributed by atoms with Gasteiger partial charge in [-0.2, -0.15) is 17.8 Å². The Kier molecular flexibility index (Phi) is 8.46. The van der Waals surface area contributed by atoms with Crippen LogP contribution >= 0.6 is 13.5 Å². The first kappa shape index (κ1) is 26.7. The van der Waals surface area contributed by atoms with Gasteiger partial charge in [0.05, 0.1) is 24.1 Å². The van der Waals surface area contributed by atoms with E-state index in [1.807, 2.05) is 6.07 Å². The molecule has 4 heterocycles. The van der Waals surface area contributed by atoms with Crippen LogP contribution in [0.25, 0.3) is 22.3 Å². The number of nitrogens with zero attached hydrogens (tertiary/aromatic N) is 5. The largest absolute Gasteiger partial charge is 0.473 e. The van der Waals surface area contributed by atoms with E-state index in [0.717, 1.165) is 24.3 Å². The van der Waals surface area contributed by atoms with Crippen molar-refractivity contribution in [3.63, 3.8) is 0 Å². The third-order valence-corrected chi connectivity index (χ3v) is 8.07. The molecular formula is C25H33N5O4S2. The number of benzene rings is 1. The standard InChI is InChI=1S/C25H31N5O4S.H2S/c1-29-11-7-19(8-12-29)18-3-5-20(6-4-18)22-15-23-24(27-10-9-26-23)25(28-22)34-17-21-16-30(13-14-33-21)35(2,31)32;/h3-6,9-10,15,19,21H,7-8,11-14,16-17H2,1-2H3;1H2/t21-;/m0./s1. The molecule has 2 aliphatic rings. The highest BCUT2D eigenvalue weighted by atomic mass is 32.2. The van der Waals surface area contributed by atoms with Crippen molar-refractivity contribution in [2.75, 3.05) is 52.7 Å². The molecule has 9 nitrogen and oxygen atoms in total. The number of hydrogen-bond donors (Lipinski definition) is 0. The molecule has 2 aliphatic heterocycles. The Balaban J connectivity index is 0.00000304. The lowest BCUT2D eigenvalue weighted by atomic mass is 9.89. The summed E-state index contributed by atoms with van der Waals surface area (Å²) in [5.74, 6) is 0.960. The maximum atomic E-state index is 11.9. The minimum Gasteiger partial charge on any atom is -0.473 e. The Labute approximate surface area is 219 Å². The van der Waals surface area contributed by atoms with E-state index in [1.54, 1.807) is 12.4 Å².